The quantitative estimate of drug-likeness (QED) is 0.497. The molecule has 0 aliphatic carbocycles. The van der Waals surface area contributed by atoms with Gasteiger partial charge in [-0.1, -0.05) is 12.1 Å². The fourth-order valence-electron chi connectivity index (χ4n) is 2.15. The number of aliphatic imine (C=N–C) groups is 1. The van der Waals surface area contributed by atoms with Crippen LogP contribution in [0.5, 0.6) is 0 Å². The largest absolute Gasteiger partial charge is 0.443 e. The summed E-state index contributed by atoms with van der Waals surface area (Å²) in [5.74, 6) is 1.46. The van der Waals surface area contributed by atoms with E-state index in [2.05, 4.69) is 45.0 Å². The lowest BCUT2D eigenvalue weighted by Gasteiger charge is -2.10. The zero-order valence-corrected chi connectivity index (χ0v) is 15.1. The summed E-state index contributed by atoms with van der Waals surface area (Å²) in [6.07, 6.45) is 2.67. The van der Waals surface area contributed by atoms with Crippen molar-refractivity contribution in [1.82, 2.24) is 15.6 Å². The number of hydrogen-bond donors (Lipinski definition) is 2. The van der Waals surface area contributed by atoms with E-state index in [0.29, 0.717) is 12.4 Å². The second-order valence-electron chi connectivity index (χ2n) is 5.07. The maximum Gasteiger partial charge on any atom is 0.236 e. The van der Waals surface area contributed by atoms with Gasteiger partial charge >= 0.3 is 0 Å². The number of rotatable bonds is 7. The molecule has 0 amide bonds. The molecule has 0 aliphatic heterocycles. The molecule has 0 saturated carbocycles. The van der Waals surface area contributed by atoms with Gasteiger partial charge in [-0.15, -0.1) is 22.7 Å². The SMILES string of the molecule is CCNC(=NCc1coc(-c2cccs2)n1)NCCc1cccs1. The third kappa shape index (κ3) is 4.69. The van der Waals surface area contributed by atoms with E-state index >= 15 is 0 Å². The van der Waals surface area contributed by atoms with Gasteiger partial charge in [0.25, 0.3) is 0 Å². The zero-order chi connectivity index (χ0) is 16.6. The van der Waals surface area contributed by atoms with E-state index in [0.717, 1.165) is 36.0 Å². The van der Waals surface area contributed by atoms with Crippen molar-refractivity contribution in [3.63, 3.8) is 0 Å². The summed E-state index contributed by atoms with van der Waals surface area (Å²) in [4.78, 5) is 11.5. The molecule has 0 atom stereocenters. The lowest BCUT2D eigenvalue weighted by molar-refractivity contribution is 0.574. The van der Waals surface area contributed by atoms with Gasteiger partial charge in [0.15, 0.2) is 5.96 Å². The molecule has 24 heavy (non-hydrogen) atoms. The first-order chi connectivity index (χ1) is 11.8. The summed E-state index contributed by atoms with van der Waals surface area (Å²) in [7, 11) is 0. The molecule has 5 nitrogen and oxygen atoms in total. The number of hydrogen-bond acceptors (Lipinski definition) is 5. The molecule has 3 aromatic heterocycles. The molecule has 0 fully saturated rings. The van der Waals surface area contributed by atoms with Crippen LogP contribution in [-0.4, -0.2) is 24.0 Å². The van der Waals surface area contributed by atoms with E-state index in [4.69, 9.17) is 4.42 Å². The third-order valence-corrected chi connectivity index (χ3v) is 5.07. The predicted molar refractivity (Wildman–Crippen MR) is 101 cm³/mol. The monoisotopic (exact) mass is 360 g/mol. The van der Waals surface area contributed by atoms with Crippen LogP contribution >= 0.6 is 22.7 Å². The third-order valence-electron chi connectivity index (χ3n) is 3.27. The van der Waals surface area contributed by atoms with Gasteiger partial charge < -0.3 is 15.1 Å². The Kier molecular flexibility index (Phi) is 6.03. The van der Waals surface area contributed by atoms with Gasteiger partial charge in [0.2, 0.25) is 5.89 Å². The maximum absolute atomic E-state index is 5.52. The fourth-order valence-corrected chi connectivity index (χ4v) is 3.52. The first-order valence-corrected chi connectivity index (χ1v) is 9.64. The van der Waals surface area contributed by atoms with E-state index in [1.54, 1.807) is 28.9 Å². The second kappa shape index (κ2) is 8.65. The second-order valence-corrected chi connectivity index (χ2v) is 7.05. The summed E-state index contributed by atoms with van der Waals surface area (Å²) in [5, 5.41) is 10.7. The predicted octanol–water partition coefficient (Wildman–Crippen LogP) is 3.76. The molecule has 3 heterocycles. The van der Waals surface area contributed by atoms with Gasteiger partial charge in [-0.25, -0.2) is 9.98 Å². The molecule has 0 unspecified atom stereocenters. The molecule has 3 aromatic rings. The molecular formula is C17H20N4OS2. The minimum absolute atomic E-state index is 0.489. The molecule has 0 spiro atoms. The van der Waals surface area contributed by atoms with Crippen LogP contribution in [0.15, 0.2) is 50.7 Å². The molecule has 0 aromatic carbocycles. The van der Waals surface area contributed by atoms with E-state index in [9.17, 15) is 0 Å². The first kappa shape index (κ1) is 16.7. The topological polar surface area (TPSA) is 62.5 Å². The molecule has 126 valence electrons. The average Bonchev–Trinajstić information content (AvgIpc) is 3.33. The Morgan fingerprint density at radius 3 is 2.83 bits per heavy atom. The number of nitrogens with zero attached hydrogens (tertiary/aromatic N) is 2. The number of nitrogens with one attached hydrogen (secondary N) is 2. The van der Waals surface area contributed by atoms with E-state index in [1.165, 1.54) is 4.88 Å². The van der Waals surface area contributed by atoms with Crippen LogP contribution in [0.2, 0.25) is 0 Å². The number of guanidine groups is 1. The maximum atomic E-state index is 5.52. The Hall–Kier alpha value is -2.12. The molecular weight excluding hydrogens is 340 g/mol. The Bertz CT molecular complexity index is 748. The normalized spacial score (nSPS) is 11.6. The summed E-state index contributed by atoms with van der Waals surface area (Å²) in [5.41, 5.74) is 0.828. The van der Waals surface area contributed by atoms with Crippen molar-refractivity contribution in [2.75, 3.05) is 13.1 Å². The van der Waals surface area contributed by atoms with Gasteiger partial charge in [0, 0.05) is 18.0 Å². The standard InChI is InChI=1S/C17H20N4OS2/c1-2-18-17(19-8-7-14-5-3-9-23-14)20-11-13-12-22-16(21-13)15-6-4-10-24-15/h3-6,9-10,12H,2,7-8,11H2,1H3,(H2,18,19,20). The fraction of sp³-hybridized carbons (Fsp3) is 0.294. The van der Waals surface area contributed by atoms with Crippen LogP contribution in [0.25, 0.3) is 10.8 Å². The Labute approximate surface area is 149 Å². The Morgan fingerprint density at radius 2 is 2.08 bits per heavy atom. The average molecular weight is 361 g/mol. The molecule has 0 radical (unpaired) electrons. The minimum Gasteiger partial charge on any atom is -0.443 e. The van der Waals surface area contributed by atoms with Crippen LogP contribution in [0.3, 0.4) is 0 Å². The molecule has 7 heteroatoms. The van der Waals surface area contributed by atoms with Gasteiger partial charge in [-0.05, 0) is 36.2 Å². The Balaban J connectivity index is 1.55. The summed E-state index contributed by atoms with van der Waals surface area (Å²) in [6, 6.07) is 8.22. The van der Waals surface area contributed by atoms with Crippen LogP contribution in [-0.2, 0) is 13.0 Å². The lowest BCUT2D eigenvalue weighted by atomic mass is 10.3. The molecule has 0 aliphatic rings. The van der Waals surface area contributed by atoms with Gasteiger partial charge in [0.1, 0.15) is 12.0 Å². The van der Waals surface area contributed by atoms with Gasteiger partial charge in [0.05, 0.1) is 11.4 Å². The van der Waals surface area contributed by atoms with Crippen LogP contribution < -0.4 is 10.6 Å². The highest BCUT2D eigenvalue weighted by Crippen LogP contribution is 2.23. The smallest absolute Gasteiger partial charge is 0.236 e. The van der Waals surface area contributed by atoms with Crippen molar-refractivity contribution in [3.05, 3.63) is 51.9 Å². The minimum atomic E-state index is 0.489. The first-order valence-electron chi connectivity index (χ1n) is 7.88. The number of thiophene rings is 2. The highest BCUT2D eigenvalue weighted by Gasteiger charge is 2.07. The van der Waals surface area contributed by atoms with E-state index in [1.807, 2.05) is 17.5 Å². The highest BCUT2D eigenvalue weighted by molar-refractivity contribution is 7.13. The van der Waals surface area contributed by atoms with Crippen molar-refractivity contribution in [1.29, 1.82) is 0 Å². The van der Waals surface area contributed by atoms with Crippen LogP contribution in [0.1, 0.15) is 17.5 Å². The van der Waals surface area contributed by atoms with E-state index < -0.39 is 0 Å². The van der Waals surface area contributed by atoms with Crippen molar-refractivity contribution >= 4 is 28.6 Å². The van der Waals surface area contributed by atoms with Gasteiger partial charge in [-0.2, -0.15) is 0 Å². The Morgan fingerprint density at radius 1 is 1.21 bits per heavy atom. The lowest BCUT2D eigenvalue weighted by Crippen LogP contribution is -2.38. The summed E-state index contributed by atoms with van der Waals surface area (Å²) >= 11 is 3.39. The van der Waals surface area contributed by atoms with Crippen molar-refractivity contribution in [2.24, 2.45) is 4.99 Å². The van der Waals surface area contributed by atoms with Crippen molar-refractivity contribution < 1.29 is 4.42 Å². The zero-order valence-electron chi connectivity index (χ0n) is 13.5. The van der Waals surface area contributed by atoms with Crippen LogP contribution in [0, 0.1) is 0 Å². The molecule has 0 bridgehead atoms. The van der Waals surface area contributed by atoms with Crippen molar-refractivity contribution in [2.45, 2.75) is 19.9 Å². The number of oxazole rings is 1. The molecule has 0 saturated heterocycles. The summed E-state index contributed by atoms with van der Waals surface area (Å²) in [6.45, 7) is 4.22. The highest BCUT2D eigenvalue weighted by atomic mass is 32.1. The number of aromatic nitrogens is 1. The molecule has 3 rings (SSSR count). The van der Waals surface area contributed by atoms with Gasteiger partial charge in [-0.3, -0.25) is 0 Å². The van der Waals surface area contributed by atoms with Crippen molar-refractivity contribution in [3.8, 4) is 10.8 Å². The summed E-state index contributed by atoms with van der Waals surface area (Å²) < 4.78 is 5.52. The van der Waals surface area contributed by atoms with Crippen LogP contribution in [0.4, 0.5) is 0 Å². The van der Waals surface area contributed by atoms with E-state index in [-0.39, 0.29) is 0 Å². The molecule has 2 N–H and O–H groups in total.